The number of nitro groups is 1. The molecule has 0 fully saturated rings. The Balaban J connectivity index is 3.03. The highest BCUT2D eigenvalue weighted by Gasteiger charge is 2.35. The lowest BCUT2D eigenvalue weighted by Gasteiger charge is -2.28. The van der Waals surface area contributed by atoms with E-state index in [1.54, 1.807) is 12.1 Å². The van der Waals surface area contributed by atoms with Gasteiger partial charge in [-0.05, 0) is 17.9 Å². The highest BCUT2D eigenvalue weighted by Crippen LogP contribution is 2.36. The molecule has 0 aromatic heterocycles. The lowest BCUT2D eigenvalue weighted by molar-refractivity contribution is -0.384. The molecule has 0 heterocycles. The van der Waals surface area contributed by atoms with Gasteiger partial charge in [-0.3, -0.25) is 15.0 Å². The number of nitro benzene ring substituents is 1. The van der Waals surface area contributed by atoms with Gasteiger partial charge in [-0.2, -0.15) is 4.89 Å². The van der Waals surface area contributed by atoms with Crippen LogP contribution < -0.4 is 5.73 Å². The zero-order valence-electron chi connectivity index (χ0n) is 12.5. The van der Waals surface area contributed by atoms with Crippen LogP contribution in [0, 0.1) is 15.5 Å². The van der Waals surface area contributed by atoms with E-state index < -0.39 is 28.5 Å². The normalized spacial score (nSPS) is 14.3. The molecule has 0 spiro atoms. The van der Waals surface area contributed by atoms with Crippen molar-refractivity contribution >= 4 is 11.7 Å². The van der Waals surface area contributed by atoms with Gasteiger partial charge in [0, 0.05) is 12.1 Å². The number of benzene rings is 1. The van der Waals surface area contributed by atoms with Crippen molar-refractivity contribution < 1.29 is 19.5 Å². The van der Waals surface area contributed by atoms with Gasteiger partial charge in [-0.15, -0.1) is 0 Å². The molecule has 2 N–H and O–H groups in total. The number of carbonyl (C=O) groups excluding carboxylic acids is 1. The summed E-state index contributed by atoms with van der Waals surface area (Å²) in [7, 11) is 0. The van der Waals surface area contributed by atoms with Crippen molar-refractivity contribution in [2.45, 2.75) is 39.8 Å². The Morgan fingerprint density at radius 2 is 1.81 bits per heavy atom. The van der Waals surface area contributed by atoms with Crippen LogP contribution in [0.1, 0.15) is 39.2 Å². The molecule has 7 nitrogen and oxygen atoms in total. The van der Waals surface area contributed by atoms with Crippen LogP contribution in [-0.4, -0.2) is 17.1 Å². The molecule has 2 atom stereocenters. The first kappa shape index (κ1) is 17.1. The number of carbonyl (C=O) groups is 1. The number of nitrogens with two attached hydrogens (primary N) is 1. The average Bonchev–Trinajstić information content (AvgIpc) is 2.35. The van der Waals surface area contributed by atoms with Gasteiger partial charge in [-0.1, -0.05) is 32.9 Å². The van der Waals surface area contributed by atoms with Gasteiger partial charge in [0.15, 0.2) is 0 Å². The number of nitrogens with zero attached hydrogens (tertiary/aromatic N) is 1. The van der Waals surface area contributed by atoms with E-state index in [1.807, 2.05) is 20.8 Å². The van der Waals surface area contributed by atoms with Crippen LogP contribution in [-0.2, 0) is 14.6 Å². The molecule has 0 saturated heterocycles. The molecule has 0 bridgehead atoms. The number of non-ortho nitro benzene ring substituents is 1. The summed E-state index contributed by atoms with van der Waals surface area (Å²) in [6.07, 6.45) is -0.730. The van der Waals surface area contributed by atoms with Crippen LogP contribution in [0.25, 0.3) is 0 Å². The molecule has 0 radical (unpaired) electrons. The van der Waals surface area contributed by atoms with Crippen molar-refractivity contribution in [2.24, 2.45) is 11.1 Å². The predicted molar refractivity (Wildman–Crippen MR) is 76.1 cm³/mol. The van der Waals surface area contributed by atoms with Crippen LogP contribution in [0.5, 0.6) is 0 Å². The van der Waals surface area contributed by atoms with Crippen molar-refractivity contribution in [3.05, 3.63) is 39.9 Å². The third-order valence-electron chi connectivity index (χ3n) is 2.82. The second-order valence-electron chi connectivity index (χ2n) is 5.85. The molecular formula is C14H20N2O5. The minimum atomic E-state index is -0.730. The first-order chi connectivity index (χ1) is 9.62. The summed E-state index contributed by atoms with van der Waals surface area (Å²) in [6, 6.07) is 5.80. The maximum Gasteiger partial charge on any atom is 0.350 e. The second-order valence-corrected chi connectivity index (χ2v) is 5.85. The first-order valence-electron chi connectivity index (χ1n) is 6.50. The van der Waals surface area contributed by atoms with Gasteiger partial charge < -0.3 is 5.73 Å². The van der Waals surface area contributed by atoms with Crippen molar-refractivity contribution in [1.29, 1.82) is 0 Å². The van der Waals surface area contributed by atoms with Crippen molar-refractivity contribution in [2.75, 3.05) is 0 Å². The first-order valence-corrected chi connectivity index (χ1v) is 6.50. The van der Waals surface area contributed by atoms with Gasteiger partial charge in [0.1, 0.15) is 6.23 Å². The standard InChI is InChI=1S/C14H20N2O5/c1-9(15)20-21-13(17)12(14(2,3)4)10-5-7-11(8-6-10)16(18)19/h5-9,12H,15H2,1-4H3. The number of rotatable bonds is 5. The van der Waals surface area contributed by atoms with E-state index in [0.29, 0.717) is 5.56 Å². The summed E-state index contributed by atoms with van der Waals surface area (Å²) in [4.78, 5) is 31.8. The largest absolute Gasteiger partial charge is 0.350 e. The van der Waals surface area contributed by atoms with Crippen LogP contribution in [0.3, 0.4) is 0 Å². The molecule has 7 heteroatoms. The average molecular weight is 296 g/mol. The third kappa shape index (κ3) is 4.80. The summed E-state index contributed by atoms with van der Waals surface area (Å²) in [5.74, 6) is -1.22. The Bertz CT molecular complexity index is 505. The van der Waals surface area contributed by atoms with Gasteiger partial charge in [0.05, 0.1) is 10.8 Å². The minimum absolute atomic E-state index is 0.0355. The summed E-state index contributed by atoms with van der Waals surface area (Å²) >= 11 is 0. The molecule has 0 amide bonds. The van der Waals surface area contributed by atoms with Gasteiger partial charge in [0.25, 0.3) is 5.69 Å². The van der Waals surface area contributed by atoms with Crippen LogP contribution >= 0.6 is 0 Å². The van der Waals surface area contributed by atoms with E-state index in [0.717, 1.165) is 0 Å². The Morgan fingerprint density at radius 1 is 1.29 bits per heavy atom. The maximum atomic E-state index is 12.2. The molecule has 0 saturated carbocycles. The topological polar surface area (TPSA) is 105 Å². The van der Waals surface area contributed by atoms with Crippen molar-refractivity contribution in [3.63, 3.8) is 0 Å². The number of hydrogen-bond acceptors (Lipinski definition) is 6. The fourth-order valence-corrected chi connectivity index (χ4v) is 1.95. The van der Waals surface area contributed by atoms with E-state index in [2.05, 4.69) is 4.89 Å². The van der Waals surface area contributed by atoms with E-state index in [9.17, 15) is 14.9 Å². The van der Waals surface area contributed by atoms with E-state index >= 15 is 0 Å². The van der Waals surface area contributed by atoms with E-state index in [4.69, 9.17) is 10.6 Å². The smallest absolute Gasteiger partial charge is 0.303 e. The number of hydrogen-bond donors (Lipinski definition) is 1. The molecule has 1 aromatic rings. The Hall–Kier alpha value is -1.99. The molecule has 0 aliphatic rings. The summed E-state index contributed by atoms with van der Waals surface area (Å²) in [6.45, 7) is 7.13. The Morgan fingerprint density at radius 3 is 2.19 bits per heavy atom. The monoisotopic (exact) mass is 296 g/mol. The zero-order valence-corrected chi connectivity index (χ0v) is 12.5. The Kier molecular flexibility index (Phi) is 5.40. The molecule has 0 aliphatic heterocycles. The van der Waals surface area contributed by atoms with Crippen molar-refractivity contribution in [1.82, 2.24) is 0 Å². The fourth-order valence-electron chi connectivity index (χ4n) is 1.95. The molecule has 1 aromatic carbocycles. The molecule has 1 rings (SSSR count). The fraction of sp³-hybridized carbons (Fsp3) is 0.500. The van der Waals surface area contributed by atoms with Crippen LogP contribution in [0.2, 0.25) is 0 Å². The zero-order chi connectivity index (χ0) is 16.2. The predicted octanol–water partition coefficient (Wildman–Crippen LogP) is 2.50. The van der Waals surface area contributed by atoms with Crippen LogP contribution in [0.15, 0.2) is 24.3 Å². The third-order valence-corrected chi connectivity index (χ3v) is 2.82. The SMILES string of the molecule is CC(N)OOC(=O)C(c1ccc([N+](=O)[O-])cc1)C(C)(C)C. The van der Waals surface area contributed by atoms with Gasteiger partial charge in [0.2, 0.25) is 0 Å². The van der Waals surface area contributed by atoms with E-state index in [-0.39, 0.29) is 5.69 Å². The highest BCUT2D eigenvalue weighted by atomic mass is 17.2. The molecular weight excluding hydrogens is 276 g/mol. The minimum Gasteiger partial charge on any atom is -0.303 e. The van der Waals surface area contributed by atoms with Gasteiger partial charge >= 0.3 is 5.97 Å². The van der Waals surface area contributed by atoms with Crippen LogP contribution in [0.4, 0.5) is 5.69 Å². The highest BCUT2D eigenvalue weighted by molar-refractivity contribution is 5.78. The molecule has 21 heavy (non-hydrogen) atoms. The molecule has 0 aliphatic carbocycles. The Labute approximate surface area is 123 Å². The lowest BCUT2D eigenvalue weighted by atomic mass is 9.76. The second kappa shape index (κ2) is 6.64. The molecule has 116 valence electrons. The summed E-state index contributed by atoms with van der Waals surface area (Å²) in [5.41, 5.74) is 5.50. The van der Waals surface area contributed by atoms with Gasteiger partial charge in [-0.25, -0.2) is 4.79 Å². The quantitative estimate of drug-likeness (QED) is 0.387. The molecule has 2 unspecified atom stereocenters. The summed E-state index contributed by atoms with van der Waals surface area (Å²) in [5, 5.41) is 10.7. The maximum absolute atomic E-state index is 12.2. The summed E-state index contributed by atoms with van der Waals surface area (Å²) < 4.78 is 0. The van der Waals surface area contributed by atoms with Crippen molar-refractivity contribution in [3.8, 4) is 0 Å². The lowest BCUT2D eigenvalue weighted by Crippen LogP contribution is -2.30. The van der Waals surface area contributed by atoms with E-state index in [1.165, 1.54) is 19.1 Å².